The topological polar surface area (TPSA) is 102 Å². The number of ether oxygens (including phenoxy) is 1. The number of aromatic nitrogens is 2. The van der Waals surface area contributed by atoms with Crippen LogP contribution in [0.3, 0.4) is 0 Å². The number of benzene rings is 1. The zero-order valence-electron chi connectivity index (χ0n) is 18.2. The first-order valence-corrected chi connectivity index (χ1v) is 10.6. The number of para-hydroxylation sites is 1. The van der Waals surface area contributed by atoms with Crippen molar-refractivity contribution in [3.8, 4) is 6.01 Å². The lowest BCUT2D eigenvalue weighted by molar-refractivity contribution is -0.389. The molecule has 0 amide bonds. The summed E-state index contributed by atoms with van der Waals surface area (Å²) in [6, 6.07) is 6.26. The largest absolute Gasteiger partial charge is 0.454 e. The number of rotatable bonds is 5. The van der Waals surface area contributed by atoms with Gasteiger partial charge in [0.15, 0.2) is 5.76 Å². The summed E-state index contributed by atoms with van der Waals surface area (Å²) in [5.74, 6) is -0.562. The first-order valence-electron chi connectivity index (χ1n) is 10.6. The maximum absolute atomic E-state index is 13.6. The monoisotopic (exact) mass is 478 g/mol. The Hall–Kier alpha value is -3.61. The number of hydrazone groups is 1. The summed E-state index contributed by atoms with van der Waals surface area (Å²) in [6.07, 6.45) is -2.07. The molecule has 3 aromatic rings. The highest BCUT2D eigenvalue weighted by atomic mass is 19.4. The number of alkyl halides is 3. The summed E-state index contributed by atoms with van der Waals surface area (Å²) in [4.78, 5) is 16.4. The minimum atomic E-state index is -4.56. The first-order chi connectivity index (χ1) is 16.1. The molecular weight excluding hydrogens is 457 g/mol. The molecule has 0 unspecified atom stereocenters. The fraction of sp³-hybridized carbons (Fsp3) is 0.429. The SMILES string of the molecule is C[C@]1(CN2CCN(/N=C/c3oc4ccccc4c3C(F)(F)F)CC2)Cn2cc([N+](=O)[O-])nc2O1. The van der Waals surface area contributed by atoms with Gasteiger partial charge in [0.05, 0.1) is 12.8 Å². The van der Waals surface area contributed by atoms with E-state index < -0.39 is 22.3 Å². The first kappa shape index (κ1) is 22.2. The highest BCUT2D eigenvalue weighted by molar-refractivity contribution is 5.91. The Morgan fingerprint density at radius 3 is 2.68 bits per heavy atom. The molecule has 2 aliphatic heterocycles. The van der Waals surface area contributed by atoms with E-state index in [2.05, 4.69) is 15.0 Å². The minimum absolute atomic E-state index is 0.0105. The van der Waals surface area contributed by atoms with E-state index in [-0.39, 0.29) is 28.6 Å². The van der Waals surface area contributed by atoms with Gasteiger partial charge in [-0.15, -0.1) is 0 Å². The fourth-order valence-corrected chi connectivity index (χ4v) is 4.43. The molecule has 0 spiro atoms. The Morgan fingerprint density at radius 1 is 1.26 bits per heavy atom. The summed E-state index contributed by atoms with van der Waals surface area (Å²) >= 11 is 0. The highest BCUT2D eigenvalue weighted by Crippen LogP contribution is 2.38. The predicted octanol–water partition coefficient (Wildman–Crippen LogP) is 3.36. The quantitative estimate of drug-likeness (QED) is 0.315. The summed E-state index contributed by atoms with van der Waals surface area (Å²) in [6.45, 7) is 5.22. The summed E-state index contributed by atoms with van der Waals surface area (Å²) < 4.78 is 53.7. The van der Waals surface area contributed by atoms with Crippen LogP contribution in [0, 0.1) is 10.1 Å². The van der Waals surface area contributed by atoms with E-state index >= 15 is 0 Å². The van der Waals surface area contributed by atoms with Crippen molar-refractivity contribution in [2.24, 2.45) is 5.10 Å². The number of furan rings is 1. The third kappa shape index (κ3) is 4.18. The number of fused-ring (bicyclic) bond motifs is 2. The van der Waals surface area contributed by atoms with E-state index in [0.717, 1.165) is 6.21 Å². The van der Waals surface area contributed by atoms with Gasteiger partial charge in [-0.2, -0.15) is 18.3 Å². The Labute approximate surface area is 191 Å². The van der Waals surface area contributed by atoms with Gasteiger partial charge in [-0.1, -0.05) is 18.2 Å². The van der Waals surface area contributed by atoms with Crippen LogP contribution in [0.4, 0.5) is 19.0 Å². The fourth-order valence-electron chi connectivity index (χ4n) is 4.43. The normalized spacial score (nSPS) is 21.4. The number of nitro groups is 1. The maximum Gasteiger partial charge on any atom is 0.420 e. The Balaban J connectivity index is 1.20. The molecular formula is C21H21F3N6O4. The number of hydrogen-bond acceptors (Lipinski definition) is 8. The van der Waals surface area contributed by atoms with Crippen LogP contribution < -0.4 is 4.74 Å². The molecule has 0 radical (unpaired) electrons. The Kier molecular flexibility index (Phi) is 5.23. The van der Waals surface area contributed by atoms with Crippen LogP contribution in [0.2, 0.25) is 0 Å². The molecule has 10 nitrogen and oxygen atoms in total. The molecule has 4 heterocycles. The summed E-state index contributed by atoms with van der Waals surface area (Å²) in [7, 11) is 0. The van der Waals surface area contributed by atoms with Crippen molar-refractivity contribution >= 4 is 23.0 Å². The zero-order valence-corrected chi connectivity index (χ0v) is 18.2. The van der Waals surface area contributed by atoms with E-state index in [9.17, 15) is 23.3 Å². The third-order valence-electron chi connectivity index (χ3n) is 5.91. The second-order valence-corrected chi connectivity index (χ2v) is 8.63. The van der Waals surface area contributed by atoms with Gasteiger partial charge in [-0.25, -0.2) is 0 Å². The molecule has 1 fully saturated rings. The van der Waals surface area contributed by atoms with Crippen molar-refractivity contribution in [1.29, 1.82) is 0 Å². The van der Waals surface area contributed by atoms with Gasteiger partial charge in [-0.05, 0) is 17.9 Å². The van der Waals surface area contributed by atoms with Crippen molar-refractivity contribution < 1.29 is 27.2 Å². The van der Waals surface area contributed by atoms with Crippen LogP contribution in [0.1, 0.15) is 18.2 Å². The van der Waals surface area contributed by atoms with Gasteiger partial charge in [0.1, 0.15) is 22.9 Å². The van der Waals surface area contributed by atoms with Crippen molar-refractivity contribution in [2.45, 2.75) is 25.2 Å². The number of nitrogens with zero attached hydrogens (tertiary/aromatic N) is 6. The second-order valence-electron chi connectivity index (χ2n) is 8.63. The number of hydrogen-bond donors (Lipinski definition) is 0. The van der Waals surface area contributed by atoms with Crippen LogP contribution in [0.5, 0.6) is 6.01 Å². The molecule has 0 bridgehead atoms. The van der Waals surface area contributed by atoms with Gasteiger partial charge in [-0.3, -0.25) is 14.5 Å². The third-order valence-corrected chi connectivity index (χ3v) is 5.91. The Morgan fingerprint density at radius 2 is 2.00 bits per heavy atom. The van der Waals surface area contributed by atoms with E-state index in [1.165, 1.54) is 24.4 Å². The van der Waals surface area contributed by atoms with E-state index in [0.29, 0.717) is 39.3 Å². The van der Waals surface area contributed by atoms with E-state index in [1.807, 2.05) is 6.92 Å². The van der Waals surface area contributed by atoms with Gasteiger partial charge >= 0.3 is 18.0 Å². The molecule has 1 saturated heterocycles. The van der Waals surface area contributed by atoms with Crippen LogP contribution in [0.25, 0.3) is 11.0 Å². The van der Waals surface area contributed by atoms with Gasteiger partial charge in [0.25, 0.3) is 0 Å². The van der Waals surface area contributed by atoms with Crippen LogP contribution in [0.15, 0.2) is 40.0 Å². The van der Waals surface area contributed by atoms with Gasteiger partial charge in [0.2, 0.25) is 0 Å². The number of imidazole rings is 1. The van der Waals surface area contributed by atoms with Crippen molar-refractivity contribution in [3.05, 3.63) is 51.9 Å². The van der Waals surface area contributed by atoms with E-state index in [1.54, 1.807) is 15.6 Å². The van der Waals surface area contributed by atoms with Gasteiger partial charge < -0.3 is 19.3 Å². The molecule has 34 heavy (non-hydrogen) atoms. The molecule has 1 atom stereocenters. The zero-order chi connectivity index (χ0) is 24.1. The van der Waals surface area contributed by atoms with Crippen molar-refractivity contribution in [1.82, 2.24) is 19.5 Å². The maximum atomic E-state index is 13.6. The minimum Gasteiger partial charge on any atom is -0.454 e. The molecule has 2 aliphatic rings. The van der Waals surface area contributed by atoms with Crippen LogP contribution >= 0.6 is 0 Å². The Bertz CT molecular complexity index is 1240. The molecule has 5 rings (SSSR count). The molecule has 2 aromatic heterocycles. The van der Waals surface area contributed by atoms with Crippen LogP contribution in [-0.4, -0.2) is 68.9 Å². The van der Waals surface area contributed by atoms with E-state index in [4.69, 9.17) is 9.15 Å². The lowest BCUT2D eigenvalue weighted by Gasteiger charge is -2.36. The highest BCUT2D eigenvalue weighted by Gasteiger charge is 2.42. The van der Waals surface area contributed by atoms with Crippen LogP contribution in [-0.2, 0) is 12.7 Å². The smallest absolute Gasteiger partial charge is 0.420 e. The molecule has 13 heteroatoms. The summed E-state index contributed by atoms with van der Waals surface area (Å²) in [5, 5.41) is 16.8. The summed E-state index contributed by atoms with van der Waals surface area (Å²) in [5.41, 5.74) is -1.25. The van der Waals surface area contributed by atoms with Gasteiger partial charge in [0, 0.05) is 43.1 Å². The average Bonchev–Trinajstić information content (AvgIpc) is 3.41. The van der Waals surface area contributed by atoms with Crippen molar-refractivity contribution in [3.63, 3.8) is 0 Å². The number of piperazine rings is 1. The molecule has 0 N–H and O–H groups in total. The lowest BCUT2D eigenvalue weighted by Crippen LogP contribution is -2.51. The molecule has 180 valence electrons. The molecule has 0 saturated carbocycles. The lowest BCUT2D eigenvalue weighted by atomic mass is 10.1. The average molecular weight is 478 g/mol. The molecule has 0 aliphatic carbocycles. The standard InChI is InChI=1S/C21H21F3N6O4/c1-20(13-28-11-17(30(31)32)26-19(28)34-20)12-27-6-8-29(9-7-27)25-10-16-18(21(22,23)24)14-4-2-3-5-15(14)33-16/h2-5,10-11H,6-9,12-13H2,1H3/b25-10+/t20-/m0/s1. The predicted molar refractivity (Wildman–Crippen MR) is 115 cm³/mol. The number of halogens is 3. The van der Waals surface area contributed by atoms with Crippen molar-refractivity contribution in [2.75, 3.05) is 32.7 Å². The molecule has 1 aromatic carbocycles. The second kappa shape index (κ2) is 8.01.